The van der Waals surface area contributed by atoms with E-state index in [1.165, 1.54) is 0 Å². The van der Waals surface area contributed by atoms with E-state index in [1.807, 2.05) is 0 Å². The van der Waals surface area contributed by atoms with E-state index in [-0.39, 0.29) is 6.42 Å². The molecular formula is C11H15ClO3S. The van der Waals surface area contributed by atoms with Crippen LogP contribution in [0.25, 0.3) is 0 Å². The van der Waals surface area contributed by atoms with Crippen molar-refractivity contribution in [3.63, 3.8) is 0 Å². The van der Waals surface area contributed by atoms with Gasteiger partial charge < -0.3 is 5.11 Å². The maximum atomic E-state index is 11.6. The van der Waals surface area contributed by atoms with Crippen molar-refractivity contribution in [1.29, 1.82) is 0 Å². The van der Waals surface area contributed by atoms with Gasteiger partial charge in [0.1, 0.15) is 6.10 Å². The molecule has 5 heteroatoms. The van der Waals surface area contributed by atoms with Gasteiger partial charge in [0.05, 0.1) is 0 Å². The Balaban J connectivity index is 3.18. The van der Waals surface area contributed by atoms with Crippen molar-refractivity contribution in [2.75, 3.05) is 6.26 Å². The van der Waals surface area contributed by atoms with E-state index in [0.29, 0.717) is 5.56 Å². The second kappa shape index (κ2) is 4.73. The molecule has 0 aliphatic rings. The van der Waals surface area contributed by atoms with Crippen molar-refractivity contribution in [1.82, 2.24) is 0 Å². The SMILES string of the molecule is CC[C@](Cl)([C@@H](O)c1ccccc1)S(C)(=O)=O. The van der Waals surface area contributed by atoms with Gasteiger partial charge >= 0.3 is 0 Å². The normalized spacial score (nSPS) is 17.8. The minimum atomic E-state index is -3.55. The number of rotatable bonds is 4. The zero-order valence-electron chi connectivity index (χ0n) is 9.22. The zero-order valence-corrected chi connectivity index (χ0v) is 10.8. The lowest BCUT2D eigenvalue weighted by atomic mass is 10.0. The van der Waals surface area contributed by atoms with Crippen LogP contribution in [0.2, 0.25) is 0 Å². The fourth-order valence-electron chi connectivity index (χ4n) is 1.54. The number of halogens is 1. The van der Waals surface area contributed by atoms with E-state index in [1.54, 1.807) is 37.3 Å². The molecule has 1 N–H and O–H groups in total. The summed E-state index contributed by atoms with van der Waals surface area (Å²) in [5.74, 6) is 0. The molecule has 1 aromatic rings. The van der Waals surface area contributed by atoms with E-state index in [2.05, 4.69) is 0 Å². The van der Waals surface area contributed by atoms with Crippen LogP contribution in [0.4, 0.5) is 0 Å². The Hall–Kier alpha value is -0.580. The molecule has 0 heterocycles. The topological polar surface area (TPSA) is 54.4 Å². The fraction of sp³-hybridized carbons (Fsp3) is 0.455. The summed E-state index contributed by atoms with van der Waals surface area (Å²) >= 11 is 6.05. The summed E-state index contributed by atoms with van der Waals surface area (Å²) in [4.78, 5) is 0. The highest BCUT2D eigenvalue weighted by atomic mass is 35.5. The number of aliphatic hydroxyl groups excluding tert-OH is 1. The molecule has 0 aliphatic heterocycles. The van der Waals surface area contributed by atoms with Gasteiger partial charge in [-0.05, 0) is 12.0 Å². The molecule has 0 amide bonds. The van der Waals surface area contributed by atoms with Gasteiger partial charge in [-0.1, -0.05) is 48.9 Å². The number of hydrogen-bond donors (Lipinski definition) is 1. The maximum absolute atomic E-state index is 11.6. The smallest absolute Gasteiger partial charge is 0.174 e. The van der Waals surface area contributed by atoms with Gasteiger partial charge in [-0.2, -0.15) is 0 Å². The van der Waals surface area contributed by atoms with Crippen LogP contribution in [0.3, 0.4) is 0 Å². The first-order valence-corrected chi connectivity index (χ1v) is 7.21. The fourth-order valence-corrected chi connectivity index (χ4v) is 2.73. The third kappa shape index (κ3) is 2.39. The Bertz CT molecular complexity index is 444. The average Bonchev–Trinajstić information content (AvgIpc) is 2.26. The van der Waals surface area contributed by atoms with Gasteiger partial charge in [0, 0.05) is 6.26 Å². The predicted octanol–water partition coefficient (Wildman–Crippen LogP) is 2.11. The molecule has 0 saturated carbocycles. The van der Waals surface area contributed by atoms with Crippen molar-refractivity contribution in [2.24, 2.45) is 0 Å². The first-order valence-electron chi connectivity index (χ1n) is 4.94. The highest BCUT2D eigenvalue weighted by molar-refractivity contribution is 7.93. The summed E-state index contributed by atoms with van der Waals surface area (Å²) in [7, 11) is -3.55. The number of hydrogen-bond acceptors (Lipinski definition) is 3. The molecule has 2 atom stereocenters. The third-order valence-corrected chi connectivity index (χ3v) is 5.68. The summed E-state index contributed by atoms with van der Waals surface area (Å²) in [5, 5.41) is 10.1. The summed E-state index contributed by atoms with van der Waals surface area (Å²) in [6, 6.07) is 8.56. The van der Waals surface area contributed by atoms with E-state index in [4.69, 9.17) is 11.6 Å². The summed E-state index contributed by atoms with van der Waals surface area (Å²) in [6.07, 6.45) is -0.0468. The minimum absolute atomic E-state index is 0.142. The predicted molar refractivity (Wildman–Crippen MR) is 65.1 cm³/mol. The van der Waals surface area contributed by atoms with Crippen LogP contribution < -0.4 is 0 Å². The Morgan fingerprint density at radius 1 is 1.38 bits per heavy atom. The van der Waals surface area contributed by atoms with Crippen LogP contribution in [0, 0.1) is 0 Å². The first kappa shape index (κ1) is 13.5. The third-order valence-electron chi connectivity index (χ3n) is 2.62. The Morgan fingerprint density at radius 3 is 2.25 bits per heavy atom. The van der Waals surface area contributed by atoms with Gasteiger partial charge in [-0.25, -0.2) is 8.42 Å². The number of sulfone groups is 1. The van der Waals surface area contributed by atoms with Gasteiger partial charge in [0.15, 0.2) is 14.0 Å². The molecule has 0 spiro atoms. The van der Waals surface area contributed by atoms with Crippen LogP contribution >= 0.6 is 11.6 Å². The number of aliphatic hydroxyl groups is 1. The maximum Gasteiger partial charge on any atom is 0.174 e. The first-order chi connectivity index (χ1) is 7.33. The van der Waals surface area contributed by atoms with Crippen molar-refractivity contribution >= 4 is 21.4 Å². The molecule has 16 heavy (non-hydrogen) atoms. The molecule has 0 aliphatic carbocycles. The standard InChI is InChI=1S/C11H15ClO3S/c1-3-11(12,16(2,14)15)10(13)9-7-5-4-6-8-9/h4-8,10,13H,3H2,1-2H3/t10-,11+/m0/s1. The molecule has 3 nitrogen and oxygen atoms in total. The van der Waals surface area contributed by atoms with Crippen LogP contribution in [-0.2, 0) is 9.84 Å². The van der Waals surface area contributed by atoms with Crippen molar-refractivity contribution in [2.45, 2.75) is 23.7 Å². The summed E-state index contributed by atoms with van der Waals surface area (Å²) in [6.45, 7) is 1.64. The Labute approximate surface area is 101 Å². The largest absolute Gasteiger partial charge is 0.385 e. The quantitative estimate of drug-likeness (QED) is 0.846. The van der Waals surface area contributed by atoms with Crippen molar-refractivity contribution in [3.8, 4) is 0 Å². The molecule has 0 radical (unpaired) electrons. The van der Waals surface area contributed by atoms with Crippen LogP contribution in [0.5, 0.6) is 0 Å². The van der Waals surface area contributed by atoms with Crippen LogP contribution in [-0.4, -0.2) is 24.0 Å². The number of alkyl halides is 1. The van der Waals surface area contributed by atoms with E-state index in [9.17, 15) is 13.5 Å². The highest BCUT2D eigenvalue weighted by Crippen LogP contribution is 2.39. The van der Waals surface area contributed by atoms with Crippen LogP contribution in [0.1, 0.15) is 25.0 Å². The van der Waals surface area contributed by atoms with Crippen LogP contribution in [0.15, 0.2) is 30.3 Å². The molecule has 90 valence electrons. The second-order valence-corrected chi connectivity index (χ2v) is 6.90. The monoisotopic (exact) mass is 262 g/mol. The van der Waals surface area contributed by atoms with E-state index < -0.39 is 20.1 Å². The minimum Gasteiger partial charge on any atom is -0.385 e. The second-order valence-electron chi connectivity index (χ2n) is 3.73. The van der Waals surface area contributed by atoms with E-state index >= 15 is 0 Å². The Kier molecular flexibility index (Phi) is 3.99. The van der Waals surface area contributed by atoms with Gasteiger partial charge in [0.2, 0.25) is 0 Å². The van der Waals surface area contributed by atoms with Gasteiger partial charge in [-0.15, -0.1) is 0 Å². The zero-order chi connectivity index (χ0) is 12.4. The lowest BCUT2D eigenvalue weighted by molar-refractivity contribution is 0.155. The molecular weight excluding hydrogens is 248 g/mol. The van der Waals surface area contributed by atoms with Crippen molar-refractivity contribution in [3.05, 3.63) is 35.9 Å². The summed E-state index contributed by atoms with van der Waals surface area (Å²) in [5.41, 5.74) is 0.504. The molecule has 1 aromatic carbocycles. The highest BCUT2D eigenvalue weighted by Gasteiger charge is 2.44. The average molecular weight is 263 g/mol. The van der Waals surface area contributed by atoms with Gasteiger partial charge in [0.25, 0.3) is 0 Å². The lowest BCUT2D eigenvalue weighted by Crippen LogP contribution is -2.37. The molecule has 0 bridgehead atoms. The molecule has 0 fully saturated rings. The molecule has 0 aromatic heterocycles. The Morgan fingerprint density at radius 2 is 1.88 bits per heavy atom. The van der Waals surface area contributed by atoms with Gasteiger partial charge in [-0.3, -0.25) is 0 Å². The molecule has 0 unspecified atom stereocenters. The van der Waals surface area contributed by atoms with E-state index in [0.717, 1.165) is 6.26 Å². The molecule has 1 rings (SSSR count). The summed E-state index contributed by atoms with van der Waals surface area (Å²) < 4.78 is 21.6. The van der Waals surface area contributed by atoms with Crippen molar-refractivity contribution < 1.29 is 13.5 Å². The molecule has 0 saturated heterocycles. The number of benzene rings is 1. The lowest BCUT2D eigenvalue weighted by Gasteiger charge is -2.29.